The molecule has 2 aliphatic carbocycles. The Bertz CT molecular complexity index is 584. The first-order valence-corrected chi connectivity index (χ1v) is 10.1. The van der Waals surface area contributed by atoms with Gasteiger partial charge in [0.05, 0.1) is 6.04 Å². The zero-order valence-electron chi connectivity index (χ0n) is 15.2. The summed E-state index contributed by atoms with van der Waals surface area (Å²) in [6.45, 7) is 4.01. The van der Waals surface area contributed by atoms with Crippen LogP contribution in [-0.2, 0) is 11.2 Å². The van der Waals surface area contributed by atoms with Crippen LogP contribution in [0.2, 0.25) is 0 Å². The molecule has 3 aliphatic rings. The highest BCUT2D eigenvalue weighted by Gasteiger charge is 2.31. The van der Waals surface area contributed by atoms with Crippen molar-refractivity contribution in [3.05, 3.63) is 11.7 Å². The van der Waals surface area contributed by atoms with Crippen molar-refractivity contribution in [1.29, 1.82) is 0 Å². The van der Waals surface area contributed by atoms with Gasteiger partial charge in [-0.25, -0.2) is 0 Å². The van der Waals surface area contributed by atoms with E-state index in [1.807, 2.05) is 6.92 Å². The van der Waals surface area contributed by atoms with Gasteiger partial charge in [-0.2, -0.15) is 4.98 Å². The van der Waals surface area contributed by atoms with Crippen molar-refractivity contribution >= 4 is 5.91 Å². The van der Waals surface area contributed by atoms with Gasteiger partial charge >= 0.3 is 0 Å². The Morgan fingerprint density at radius 1 is 1.20 bits per heavy atom. The van der Waals surface area contributed by atoms with Crippen molar-refractivity contribution in [2.24, 2.45) is 5.92 Å². The lowest BCUT2D eigenvalue weighted by Gasteiger charge is -2.35. The Morgan fingerprint density at radius 3 is 2.60 bits per heavy atom. The topological polar surface area (TPSA) is 71.3 Å². The van der Waals surface area contributed by atoms with E-state index < -0.39 is 0 Å². The Hall–Kier alpha value is -1.43. The predicted molar refractivity (Wildman–Crippen MR) is 94.1 cm³/mol. The van der Waals surface area contributed by atoms with Crippen LogP contribution < -0.4 is 5.32 Å². The van der Waals surface area contributed by atoms with E-state index >= 15 is 0 Å². The lowest BCUT2D eigenvalue weighted by Crippen LogP contribution is -2.50. The summed E-state index contributed by atoms with van der Waals surface area (Å²) in [7, 11) is 0. The minimum absolute atomic E-state index is 0.0202. The molecule has 1 saturated heterocycles. The van der Waals surface area contributed by atoms with Crippen LogP contribution in [0.1, 0.15) is 75.9 Å². The van der Waals surface area contributed by atoms with Crippen LogP contribution >= 0.6 is 0 Å². The van der Waals surface area contributed by atoms with Crippen LogP contribution in [0.5, 0.6) is 0 Å². The highest BCUT2D eigenvalue weighted by Crippen LogP contribution is 2.39. The Labute approximate surface area is 149 Å². The van der Waals surface area contributed by atoms with Crippen LogP contribution in [-0.4, -0.2) is 46.1 Å². The fourth-order valence-electron chi connectivity index (χ4n) is 4.21. The fourth-order valence-corrected chi connectivity index (χ4v) is 4.21. The molecule has 6 heteroatoms. The van der Waals surface area contributed by atoms with Gasteiger partial charge in [0.25, 0.3) is 0 Å². The van der Waals surface area contributed by atoms with Crippen LogP contribution in [0.15, 0.2) is 4.52 Å². The Kier molecular flexibility index (Phi) is 5.06. The van der Waals surface area contributed by atoms with Gasteiger partial charge in [0, 0.05) is 18.4 Å². The number of carbonyl (C=O) groups is 1. The van der Waals surface area contributed by atoms with Gasteiger partial charge in [-0.1, -0.05) is 18.0 Å². The average Bonchev–Trinajstić information content (AvgIpc) is 3.15. The number of hydrogen-bond acceptors (Lipinski definition) is 5. The van der Waals surface area contributed by atoms with Gasteiger partial charge in [-0.05, 0) is 64.5 Å². The van der Waals surface area contributed by atoms with Gasteiger partial charge in [0.15, 0.2) is 5.82 Å². The molecule has 0 aromatic carbocycles. The molecule has 1 aliphatic heterocycles. The molecule has 0 radical (unpaired) electrons. The number of hydrogen-bond donors (Lipinski definition) is 1. The predicted octanol–water partition coefficient (Wildman–Crippen LogP) is 2.65. The van der Waals surface area contributed by atoms with Crippen LogP contribution in [0, 0.1) is 5.92 Å². The van der Waals surface area contributed by atoms with Crippen LogP contribution in [0.25, 0.3) is 0 Å². The van der Waals surface area contributed by atoms with E-state index in [-0.39, 0.29) is 11.9 Å². The molecular formula is C19H30N4O2. The molecule has 2 heterocycles. The number of nitrogens with zero attached hydrogens (tertiary/aromatic N) is 3. The third-order valence-electron chi connectivity index (χ3n) is 6.16. The van der Waals surface area contributed by atoms with Gasteiger partial charge in [0.2, 0.25) is 11.8 Å². The van der Waals surface area contributed by atoms with Crippen molar-refractivity contribution in [3.63, 3.8) is 0 Å². The number of rotatable bonds is 6. The van der Waals surface area contributed by atoms with Crippen LogP contribution in [0.3, 0.4) is 0 Å². The molecule has 0 spiro atoms. The number of piperidine rings is 1. The minimum atomic E-state index is -0.0202. The summed E-state index contributed by atoms with van der Waals surface area (Å²) in [4.78, 5) is 19.3. The van der Waals surface area contributed by atoms with E-state index in [0.717, 1.165) is 56.9 Å². The fraction of sp³-hybridized carbons (Fsp3) is 0.842. The van der Waals surface area contributed by atoms with Gasteiger partial charge < -0.3 is 9.84 Å². The molecule has 25 heavy (non-hydrogen) atoms. The summed E-state index contributed by atoms with van der Waals surface area (Å²) in [6.07, 6.45) is 10.3. The summed E-state index contributed by atoms with van der Waals surface area (Å²) in [5, 5.41) is 7.38. The third-order valence-corrected chi connectivity index (χ3v) is 6.16. The summed E-state index contributed by atoms with van der Waals surface area (Å²) in [5.74, 6) is 3.04. The SMILES string of the molecule is C[C@@H](C(=O)NC1CCCC1)N1CCC(Cc2noc(C3CC3)n2)CC1. The van der Waals surface area contributed by atoms with Crippen molar-refractivity contribution in [2.75, 3.05) is 13.1 Å². The summed E-state index contributed by atoms with van der Waals surface area (Å²) in [6, 6.07) is 0.389. The molecule has 2 saturated carbocycles. The number of likely N-dealkylation sites (tertiary alicyclic amines) is 1. The monoisotopic (exact) mass is 346 g/mol. The largest absolute Gasteiger partial charge is 0.352 e. The second-order valence-electron chi connectivity index (χ2n) is 8.17. The first-order valence-electron chi connectivity index (χ1n) is 10.1. The molecule has 1 amide bonds. The van der Waals surface area contributed by atoms with E-state index in [1.54, 1.807) is 0 Å². The van der Waals surface area contributed by atoms with Crippen molar-refractivity contribution < 1.29 is 9.32 Å². The maximum absolute atomic E-state index is 12.5. The maximum Gasteiger partial charge on any atom is 0.237 e. The molecule has 4 rings (SSSR count). The molecule has 1 atom stereocenters. The third kappa shape index (κ3) is 4.22. The molecule has 1 aromatic rings. The molecule has 138 valence electrons. The van der Waals surface area contributed by atoms with E-state index in [0.29, 0.717) is 17.9 Å². The Balaban J connectivity index is 1.22. The maximum atomic E-state index is 12.5. The lowest BCUT2D eigenvalue weighted by molar-refractivity contribution is -0.127. The van der Waals surface area contributed by atoms with E-state index in [9.17, 15) is 4.79 Å². The van der Waals surface area contributed by atoms with Crippen molar-refractivity contribution in [3.8, 4) is 0 Å². The van der Waals surface area contributed by atoms with Gasteiger partial charge in [-0.15, -0.1) is 0 Å². The summed E-state index contributed by atoms with van der Waals surface area (Å²) in [5.41, 5.74) is 0. The van der Waals surface area contributed by atoms with Crippen molar-refractivity contribution in [1.82, 2.24) is 20.4 Å². The zero-order chi connectivity index (χ0) is 17.2. The molecule has 1 N–H and O–H groups in total. The molecule has 3 fully saturated rings. The highest BCUT2D eigenvalue weighted by molar-refractivity contribution is 5.81. The summed E-state index contributed by atoms with van der Waals surface area (Å²) < 4.78 is 5.36. The normalized spacial score (nSPS) is 24.5. The number of aromatic nitrogens is 2. The van der Waals surface area contributed by atoms with E-state index in [2.05, 4.69) is 20.4 Å². The molecule has 6 nitrogen and oxygen atoms in total. The first kappa shape index (κ1) is 17.0. The molecule has 0 unspecified atom stereocenters. The number of nitrogens with one attached hydrogen (secondary N) is 1. The molecular weight excluding hydrogens is 316 g/mol. The number of amides is 1. The lowest BCUT2D eigenvalue weighted by atomic mass is 9.92. The minimum Gasteiger partial charge on any atom is -0.352 e. The highest BCUT2D eigenvalue weighted by atomic mass is 16.5. The van der Waals surface area contributed by atoms with E-state index in [1.165, 1.54) is 25.7 Å². The van der Waals surface area contributed by atoms with Gasteiger partial charge in [-0.3, -0.25) is 9.69 Å². The van der Waals surface area contributed by atoms with Gasteiger partial charge in [0.1, 0.15) is 0 Å². The standard InChI is InChI=1S/C19H30N4O2/c1-13(18(24)20-16-4-2-3-5-16)23-10-8-14(9-11-23)12-17-21-19(25-22-17)15-6-7-15/h13-16H,2-12H2,1H3,(H,20,24)/t13-/m0/s1. The molecule has 1 aromatic heterocycles. The van der Waals surface area contributed by atoms with Crippen molar-refractivity contribution in [2.45, 2.75) is 82.7 Å². The van der Waals surface area contributed by atoms with Crippen LogP contribution in [0.4, 0.5) is 0 Å². The quantitative estimate of drug-likeness (QED) is 0.857. The second-order valence-corrected chi connectivity index (χ2v) is 8.17. The zero-order valence-corrected chi connectivity index (χ0v) is 15.2. The average molecular weight is 346 g/mol. The Morgan fingerprint density at radius 2 is 1.92 bits per heavy atom. The molecule has 0 bridgehead atoms. The number of carbonyl (C=O) groups excluding carboxylic acids is 1. The summed E-state index contributed by atoms with van der Waals surface area (Å²) >= 11 is 0. The first-order chi connectivity index (χ1) is 12.2. The second kappa shape index (κ2) is 7.44. The van der Waals surface area contributed by atoms with E-state index in [4.69, 9.17) is 4.52 Å². The smallest absolute Gasteiger partial charge is 0.237 e.